The number of aliphatic imine (C=N–C) groups is 1. The van der Waals surface area contributed by atoms with E-state index in [9.17, 15) is 0 Å². The minimum atomic E-state index is 0.329. The van der Waals surface area contributed by atoms with Crippen molar-refractivity contribution in [1.82, 2.24) is 0 Å². The average molecular weight is 452 g/mol. The van der Waals surface area contributed by atoms with E-state index in [0.29, 0.717) is 10.5 Å². The lowest BCUT2D eigenvalue weighted by atomic mass is 9.82. The molecule has 1 atom stereocenters. The molecule has 0 amide bonds. The van der Waals surface area contributed by atoms with Gasteiger partial charge in [0.25, 0.3) is 0 Å². The Labute approximate surface area is 199 Å². The number of aryl methyl sites for hydroxylation is 1. The minimum Gasteiger partial charge on any atom is -0.252 e. The van der Waals surface area contributed by atoms with Crippen LogP contribution in [0.2, 0.25) is 0 Å². The SMILES string of the molecule is c1ccc(N=C2c3ccccc3CCC2C(Sc2ccccc2)Sc2ccccc2)cc1. The van der Waals surface area contributed by atoms with Crippen molar-refractivity contribution in [3.63, 3.8) is 0 Å². The molecule has 4 aromatic carbocycles. The fourth-order valence-corrected chi connectivity index (χ4v) is 7.02. The number of hydrogen-bond acceptors (Lipinski definition) is 3. The molecule has 0 N–H and O–H groups in total. The van der Waals surface area contributed by atoms with E-state index in [1.165, 1.54) is 26.6 Å². The van der Waals surface area contributed by atoms with Gasteiger partial charge in [0, 0.05) is 15.7 Å². The lowest BCUT2D eigenvalue weighted by Crippen LogP contribution is -2.30. The molecule has 1 unspecified atom stereocenters. The lowest BCUT2D eigenvalue weighted by molar-refractivity contribution is 0.654. The minimum absolute atomic E-state index is 0.329. The molecule has 3 heteroatoms. The number of fused-ring (bicyclic) bond motifs is 1. The molecule has 0 saturated heterocycles. The van der Waals surface area contributed by atoms with Gasteiger partial charge >= 0.3 is 0 Å². The first kappa shape index (κ1) is 21.1. The molecule has 0 saturated carbocycles. The van der Waals surface area contributed by atoms with E-state index in [2.05, 4.69) is 115 Å². The van der Waals surface area contributed by atoms with Gasteiger partial charge in [0.15, 0.2) is 0 Å². The van der Waals surface area contributed by atoms with E-state index in [-0.39, 0.29) is 0 Å². The smallest absolute Gasteiger partial charge is 0.0680 e. The Hall–Kier alpha value is -2.75. The van der Waals surface area contributed by atoms with E-state index in [0.717, 1.165) is 18.5 Å². The molecule has 0 bridgehead atoms. The number of nitrogens with zero attached hydrogens (tertiary/aromatic N) is 1. The van der Waals surface area contributed by atoms with Crippen molar-refractivity contribution >= 4 is 34.9 Å². The zero-order valence-electron chi connectivity index (χ0n) is 17.8. The second kappa shape index (κ2) is 10.2. The highest BCUT2D eigenvalue weighted by Gasteiger charge is 2.33. The largest absolute Gasteiger partial charge is 0.252 e. The third-order valence-corrected chi connectivity index (χ3v) is 8.48. The topological polar surface area (TPSA) is 12.4 Å². The summed E-state index contributed by atoms with van der Waals surface area (Å²) in [7, 11) is 0. The van der Waals surface area contributed by atoms with Gasteiger partial charge in [-0.3, -0.25) is 4.99 Å². The second-order valence-electron chi connectivity index (χ2n) is 7.87. The van der Waals surface area contributed by atoms with Crippen LogP contribution in [0.3, 0.4) is 0 Å². The molecule has 0 aromatic heterocycles. The van der Waals surface area contributed by atoms with Crippen molar-refractivity contribution in [1.29, 1.82) is 0 Å². The van der Waals surface area contributed by atoms with E-state index in [1.54, 1.807) is 0 Å². The van der Waals surface area contributed by atoms with Crippen LogP contribution in [0.15, 0.2) is 130 Å². The summed E-state index contributed by atoms with van der Waals surface area (Å²) in [6.07, 6.45) is 2.20. The van der Waals surface area contributed by atoms with Crippen LogP contribution in [0.5, 0.6) is 0 Å². The summed E-state index contributed by atoms with van der Waals surface area (Å²) in [6.45, 7) is 0. The molecule has 0 spiro atoms. The van der Waals surface area contributed by atoms with Gasteiger partial charge in [0.2, 0.25) is 0 Å². The summed E-state index contributed by atoms with van der Waals surface area (Å²) < 4.78 is 0.329. The molecule has 5 rings (SSSR count). The summed E-state index contributed by atoms with van der Waals surface area (Å²) >= 11 is 3.92. The predicted octanol–water partition coefficient (Wildman–Crippen LogP) is 8.28. The number of para-hydroxylation sites is 1. The molecule has 4 aromatic rings. The summed E-state index contributed by atoms with van der Waals surface area (Å²) in [4.78, 5) is 7.84. The first-order valence-electron chi connectivity index (χ1n) is 11.0. The highest BCUT2D eigenvalue weighted by molar-refractivity contribution is 8.17. The Morgan fingerprint density at radius 1 is 0.625 bits per heavy atom. The second-order valence-corrected chi connectivity index (χ2v) is 10.6. The lowest BCUT2D eigenvalue weighted by Gasteiger charge is -2.32. The number of benzene rings is 4. The van der Waals surface area contributed by atoms with Crippen LogP contribution in [0.4, 0.5) is 5.69 Å². The molecule has 1 aliphatic carbocycles. The third kappa shape index (κ3) is 5.01. The predicted molar refractivity (Wildman–Crippen MR) is 139 cm³/mol. The molecule has 0 aliphatic heterocycles. The Bertz CT molecular complexity index is 1130. The molecule has 0 radical (unpaired) electrons. The Balaban J connectivity index is 1.57. The number of thioether (sulfide) groups is 2. The fraction of sp³-hybridized carbons (Fsp3) is 0.138. The third-order valence-electron chi connectivity index (χ3n) is 5.69. The van der Waals surface area contributed by atoms with E-state index in [1.807, 2.05) is 23.5 Å². The molecule has 1 aliphatic rings. The van der Waals surface area contributed by atoms with Gasteiger partial charge in [-0.25, -0.2) is 0 Å². The van der Waals surface area contributed by atoms with Crippen LogP contribution in [-0.2, 0) is 6.42 Å². The summed E-state index contributed by atoms with van der Waals surface area (Å²) in [5.74, 6) is 0.348. The highest BCUT2D eigenvalue weighted by Crippen LogP contribution is 2.45. The van der Waals surface area contributed by atoms with Gasteiger partial charge in [-0.1, -0.05) is 78.9 Å². The maximum Gasteiger partial charge on any atom is 0.0680 e. The quantitative estimate of drug-likeness (QED) is 0.216. The number of hydrogen-bond donors (Lipinski definition) is 0. The molecule has 0 heterocycles. The fourth-order valence-electron chi connectivity index (χ4n) is 4.14. The highest BCUT2D eigenvalue weighted by atomic mass is 32.2. The van der Waals surface area contributed by atoms with Crippen LogP contribution in [-0.4, -0.2) is 10.3 Å². The molecular formula is C29H25NS2. The van der Waals surface area contributed by atoms with E-state index >= 15 is 0 Å². The summed E-state index contributed by atoms with van der Waals surface area (Å²) in [5.41, 5.74) is 4.96. The molecule has 32 heavy (non-hydrogen) atoms. The Kier molecular flexibility index (Phi) is 6.76. The zero-order chi connectivity index (χ0) is 21.6. The van der Waals surface area contributed by atoms with Crippen molar-refractivity contribution < 1.29 is 0 Å². The van der Waals surface area contributed by atoms with Crippen LogP contribution in [0, 0.1) is 5.92 Å². The van der Waals surface area contributed by atoms with E-state index in [4.69, 9.17) is 4.99 Å². The van der Waals surface area contributed by atoms with Crippen molar-refractivity contribution in [3.05, 3.63) is 126 Å². The number of rotatable bonds is 6. The van der Waals surface area contributed by atoms with Crippen LogP contribution < -0.4 is 0 Å². The van der Waals surface area contributed by atoms with Crippen LogP contribution in [0.25, 0.3) is 0 Å². The molecule has 0 fully saturated rings. The first-order chi connectivity index (χ1) is 15.9. The Morgan fingerprint density at radius 3 is 1.78 bits per heavy atom. The van der Waals surface area contributed by atoms with Gasteiger partial charge in [-0.15, -0.1) is 23.5 Å². The normalized spacial score (nSPS) is 16.8. The maximum absolute atomic E-state index is 5.23. The Morgan fingerprint density at radius 2 is 1.16 bits per heavy atom. The zero-order valence-corrected chi connectivity index (χ0v) is 19.4. The van der Waals surface area contributed by atoms with Gasteiger partial charge in [0.05, 0.1) is 16.0 Å². The molecule has 158 valence electrons. The first-order valence-corrected chi connectivity index (χ1v) is 12.8. The average Bonchev–Trinajstić information content (AvgIpc) is 2.86. The standard InChI is InChI=1S/C29H25NS2/c1-4-13-23(14-5-1)30-28-26-19-11-10-12-22(26)20-21-27(28)29(31-24-15-6-2-7-16-24)32-25-17-8-3-9-18-25/h1-19,27,29H,20-21H2. The summed E-state index contributed by atoms with van der Waals surface area (Å²) in [5, 5.41) is 0. The van der Waals surface area contributed by atoms with Crippen LogP contribution >= 0.6 is 23.5 Å². The van der Waals surface area contributed by atoms with Crippen molar-refractivity contribution in [2.75, 3.05) is 0 Å². The van der Waals surface area contributed by atoms with Crippen molar-refractivity contribution in [2.45, 2.75) is 27.2 Å². The van der Waals surface area contributed by atoms with Gasteiger partial charge < -0.3 is 0 Å². The molecule has 1 nitrogen and oxygen atoms in total. The summed E-state index contributed by atoms with van der Waals surface area (Å²) in [6, 6.07) is 40.7. The molecular weight excluding hydrogens is 426 g/mol. The van der Waals surface area contributed by atoms with E-state index < -0.39 is 0 Å². The van der Waals surface area contributed by atoms with Crippen molar-refractivity contribution in [3.8, 4) is 0 Å². The van der Waals surface area contributed by atoms with Crippen LogP contribution in [0.1, 0.15) is 17.5 Å². The van der Waals surface area contributed by atoms with Gasteiger partial charge in [-0.05, 0) is 60.4 Å². The maximum atomic E-state index is 5.23. The monoisotopic (exact) mass is 451 g/mol. The van der Waals surface area contributed by atoms with Gasteiger partial charge in [-0.2, -0.15) is 0 Å². The van der Waals surface area contributed by atoms with Gasteiger partial charge in [0.1, 0.15) is 0 Å². The van der Waals surface area contributed by atoms with Crippen molar-refractivity contribution in [2.24, 2.45) is 10.9 Å².